The van der Waals surface area contributed by atoms with Gasteiger partial charge in [0.1, 0.15) is 19.5 Å². The summed E-state index contributed by atoms with van der Waals surface area (Å²) in [5.74, 6) is 0. The first kappa shape index (κ1) is 18.2. The summed E-state index contributed by atoms with van der Waals surface area (Å²) in [4.78, 5) is 0. The van der Waals surface area contributed by atoms with E-state index in [4.69, 9.17) is 4.12 Å². The van der Waals surface area contributed by atoms with Crippen LogP contribution >= 0.6 is 0 Å². The fourth-order valence-corrected chi connectivity index (χ4v) is 6.38. The predicted octanol–water partition coefficient (Wildman–Crippen LogP) is 4.05. The van der Waals surface area contributed by atoms with Gasteiger partial charge in [-0.2, -0.15) is 0 Å². The molecule has 0 radical (unpaired) electrons. The molecule has 0 saturated heterocycles. The Kier molecular flexibility index (Phi) is 9.70. The SMILES string of the molecule is c1ccc(CCCC[SiH2]O[SiH2]CCCCc2ccccc2)cc1. The topological polar surface area (TPSA) is 9.23 Å². The Labute approximate surface area is 146 Å². The van der Waals surface area contributed by atoms with Crippen LogP contribution in [0.5, 0.6) is 0 Å². The number of aryl methyl sites for hydroxylation is 2. The molecular formula is C20H30OSi2. The molecule has 0 atom stereocenters. The van der Waals surface area contributed by atoms with Crippen molar-refractivity contribution in [2.24, 2.45) is 0 Å². The molecule has 0 bridgehead atoms. The van der Waals surface area contributed by atoms with Crippen LogP contribution in [-0.2, 0) is 17.0 Å². The molecule has 0 amide bonds. The van der Waals surface area contributed by atoms with Crippen LogP contribution in [0.3, 0.4) is 0 Å². The van der Waals surface area contributed by atoms with Crippen molar-refractivity contribution in [1.82, 2.24) is 0 Å². The van der Waals surface area contributed by atoms with Gasteiger partial charge in [0.25, 0.3) is 0 Å². The molecule has 23 heavy (non-hydrogen) atoms. The van der Waals surface area contributed by atoms with Gasteiger partial charge in [-0.25, -0.2) is 0 Å². The van der Waals surface area contributed by atoms with Gasteiger partial charge in [0.2, 0.25) is 0 Å². The van der Waals surface area contributed by atoms with Crippen molar-refractivity contribution in [1.29, 1.82) is 0 Å². The second kappa shape index (κ2) is 12.3. The van der Waals surface area contributed by atoms with Crippen LogP contribution in [0.2, 0.25) is 12.1 Å². The van der Waals surface area contributed by atoms with E-state index in [1.54, 1.807) is 0 Å². The maximum Gasteiger partial charge on any atom is 0.146 e. The Balaban J connectivity index is 1.34. The average Bonchev–Trinajstić information content (AvgIpc) is 2.61. The minimum absolute atomic E-state index is 0.212. The number of unbranched alkanes of at least 4 members (excludes halogenated alkanes) is 2. The molecule has 3 heteroatoms. The van der Waals surface area contributed by atoms with Crippen molar-refractivity contribution < 1.29 is 4.12 Å². The number of hydrogen-bond donors (Lipinski definition) is 0. The molecule has 0 heterocycles. The lowest BCUT2D eigenvalue weighted by molar-refractivity contribution is 0.615. The summed E-state index contributed by atoms with van der Waals surface area (Å²) in [6.45, 7) is 0. The number of rotatable bonds is 12. The van der Waals surface area contributed by atoms with E-state index in [2.05, 4.69) is 60.7 Å². The van der Waals surface area contributed by atoms with Crippen LogP contribution in [0.15, 0.2) is 60.7 Å². The molecule has 0 aliphatic carbocycles. The van der Waals surface area contributed by atoms with E-state index in [-0.39, 0.29) is 19.5 Å². The highest BCUT2D eigenvalue weighted by atomic mass is 28.3. The first-order valence-corrected chi connectivity index (χ1v) is 12.3. The lowest BCUT2D eigenvalue weighted by Crippen LogP contribution is -2.03. The summed E-state index contributed by atoms with van der Waals surface area (Å²) in [6, 6.07) is 24.4. The maximum absolute atomic E-state index is 6.02. The zero-order valence-corrected chi connectivity index (χ0v) is 17.1. The summed E-state index contributed by atoms with van der Waals surface area (Å²) in [5.41, 5.74) is 2.95. The molecule has 0 unspecified atom stereocenters. The van der Waals surface area contributed by atoms with Crippen LogP contribution in [0.1, 0.15) is 36.8 Å². The number of benzene rings is 2. The van der Waals surface area contributed by atoms with E-state index >= 15 is 0 Å². The smallest absolute Gasteiger partial charge is 0.146 e. The van der Waals surface area contributed by atoms with Gasteiger partial charge in [-0.15, -0.1) is 0 Å². The molecule has 0 spiro atoms. The van der Waals surface area contributed by atoms with Gasteiger partial charge in [0.05, 0.1) is 0 Å². The van der Waals surface area contributed by atoms with Crippen LogP contribution in [0.4, 0.5) is 0 Å². The minimum atomic E-state index is -0.212. The summed E-state index contributed by atoms with van der Waals surface area (Å²) in [7, 11) is -0.424. The van der Waals surface area contributed by atoms with Gasteiger partial charge < -0.3 is 4.12 Å². The van der Waals surface area contributed by atoms with Crippen molar-refractivity contribution in [2.45, 2.75) is 50.6 Å². The summed E-state index contributed by atoms with van der Waals surface area (Å²) < 4.78 is 6.02. The minimum Gasteiger partial charge on any atom is -0.465 e. The molecule has 0 aromatic heterocycles. The third-order valence-electron chi connectivity index (χ3n) is 4.19. The van der Waals surface area contributed by atoms with Gasteiger partial charge in [-0.3, -0.25) is 0 Å². The summed E-state index contributed by atoms with van der Waals surface area (Å²) in [5, 5.41) is 0. The Hall–Kier alpha value is -1.17. The van der Waals surface area contributed by atoms with E-state index in [0.29, 0.717) is 0 Å². The van der Waals surface area contributed by atoms with Gasteiger partial charge in [0, 0.05) is 0 Å². The summed E-state index contributed by atoms with van der Waals surface area (Å²) in [6.07, 6.45) is 7.80. The molecule has 2 aromatic rings. The Morgan fingerprint density at radius 1 is 0.565 bits per heavy atom. The Morgan fingerprint density at radius 3 is 1.43 bits per heavy atom. The first-order chi connectivity index (χ1) is 11.4. The van der Waals surface area contributed by atoms with Crippen LogP contribution in [0.25, 0.3) is 0 Å². The summed E-state index contributed by atoms with van der Waals surface area (Å²) >= 11 is 0. The van der Waals surface area contributed by atoms with Crippen LogP contribution < -0.4 is 0 Å². The van der Waals surface area contributed by atoms with Crippen molar-refractivity contribution in [3.05, 3.63) is 71.8 Å². The molecule has 0 aliphatic heterocycles. The monoisotopic (exact) mass is 342 g/mol. The number of hydrogen-bond acceptors (Lipinski definition) is 1. The first-order valence-electron chi connectivity index (χ1n) is 9.11. The average molecular weight is 343 g/mol. The second-order valence-electron chi connectivity index (χ2n) is 6.20. The second-order valence-corrected chi connectivity index (χ2v) is 10.1. The van der Waals surface area contributed by atoms with Crippen LogP contribution in [-0.4, -0.2) is 19.5 Å². The molecule has 0 aliphatic rings. The quantitative estimate of drug-likeness (QED) is 0.418. The molecule has 0 N–H and O–H groups in total. The third-order valence-corrected chi connectivity index (χ3v) is 8.08. The van der Waals surface area contributed by atoms with E-state index in [9.17, 15) is 0 Å². The van der Waals surface area contributed by atoms with Gasteiger partial charge in [-0.05, 0) is 48.9 Å². The maximum atomic E-state index is 6.02. The fourth-order valence-electron chi connectivity index (χ4n) is 2.81. The fraction of sp³-hybridized carbons (Fsp3) is 0.400. The third kappa shape index (κ3) is 8.89. The lowest BCUT2D eigenvalue weighted by atomic mass is 10.1. The van der Waals surface area contributed by atoms with Crippen molar-refractivity contribution >= 4 is 19.5 Å². The molecule has 0 fully saturated rings. The predicted molar refractivity (Wildman–Crippen MR) is 107 cm³/mol. The molecular weight excluding hydrogens is 312 g/mol. The molecule has 2 rings (SSSR count). The van der Waals surface area contributed by atoms with Gasteiger partial charge >= 0.3 is 0 Å². The lowest BCUT2D eigenvalue weighted by Gasteiger charge is -2.05. The zero-order valence-electron chi connectivity index (χ0n) is 14.3. The normalized spacial score (nSPS) is 11.8. The molecule has 2 aromatic carbocycles. The molecule has 0 saturated carbocycles. The highest BCUT2D eigenvalue weighted by molar-refractivity contribution is 6.42. The Bertz CT molecular complexity index is 454. The van der Waals surface area contributed by atoms with Crippen molar-refractivity contribution in [3.8, 4) is 0 Å². The van der Waals surface area contributed by atoms with Gasteiger partial charge in [0.15, 0.2) is 0 Å². The van der Waals surface area contributed by atoms with Gasteiger partial charge in [-0.1, -0.05) is 73.5 Å². The van der Waals surface area contributed by atoms with E-state index in [0.717, 1.165) is 0 Å². The van der Waals surface area contributed by atoms with Crippen molar-refractivity contribution in [3.63, 3.8) is 0 Å². The van der Waals surface area contributed by atoms with E-state index in [1.807, 2.05) is 0 Å². The molecule has 1 nitrogen and oxygen atoms in total. The van der Waals surface area contributed by atoms with E-state index in [1.165, 1.54) is 61.7 Å². The zero-order chi connectivity index (χ0) is 16.0. The largest absolute Gasteiger partial charge is 0.465 e. The highest BCUT2D eigenvalue weighted by Gasteiger charge is 1.96. The standard InChI is InChI=1S/C20H30OSi2/c1-3-11-19(12-4-1)15-7-9-17-22-21-23-18-10-8-16-20-13-5-2-6-14-20/h1-6,11-14H,7-10,15-18,22-23H2. The Morgan fingerprint density at radius 2 is 1.00 bits per heavy atom. The van der Waals surface area contributed by atoms with Crippen molar-refractivity contribution in [2.75, 3.05) is 0 Å². The highest BCUT2D eigenvalue weighted by Crippen LogP contribution is 2.07. The molecule has 124 valence electrons. The van der Waals surface area contributed by atoms with E-state index < -0.39 is 0 Å². The van der Waals surface area contributed by atoms with Crippen LogP contribution in [0, 0.1) is 0 Å².